The highest BCUT2D eigenvalue weighted by Gasteiger charge is 2.21. The van der Waals surface area contributed by atoms with Crippen LogP contribution in [0.3, 0.4) is 0 Å². The normalized spacial score (nSPS) is 10.9. The first-order chi connectivity index (χ1) is 15.0. The minimum atomic E-state index is -0.776. The number of aromatic amines is 1. The molecule has 31 heavy (non-hydrogen) atoms. The second-order valence-electron chi connectivity index (χ2n) is 6.67. The first-order valence-electron chi connectivity index (χ1n) is 9.46. The van der Waals surface area contributed by atoms with Crippen LogP contribution in [0.4, 0.5) is 10.2 Å². The number of nitrogens with zero attached hydrogens (tertiary/aromatic N) is 3. The highest BCUT2D eigenvalue weighted by molar-refractivity contribution is 6.34. The topological polar surface area (TPSA) is 106 Å². The van der Waals surface area contributed by atoms with Gasteiger partial charge in [-0.2, -0.15) is 9.78 Å². The molecule has 0 unspecified atom stereocenters. The van der Waals surface area contributed by atoms with E-state index in [1.54, 1.807) is 12.1 Å². The largest absolute Gasteiger partial charge is 0.463 e. The van der Waals surface area contributed by atoms with E-state index in [1.807, 2.05) is 6.92 Å². The highest BCUT2D eigenvalue weighted by Crippen LogP contribution is 2.26. The van der Waals surface area contributed by atoms with Crippen molar-refractivity contribution in [1.82, 2.24) is 19.7 Å². The number of hydrogen-bond donors (Lipinski definition) is 2. The number of nitrogens with one attached hydrogen (secondary N) is 2. The Morgan fingerprint density at radius 1 is 1.29 bits per heavy atom. The van der Waals surface area contributed by atoms with Crippen LogP contribution in [0.15, 0.2) is 57.9 Å². The van der Waals surface area contributed by atoms with E-state index in [-0.39, 0.29) is 27.9 Å². The van der Waals surface area contributed by atoms with Crippen molar-refractivity contribution in [3.05, 3.63) is 81.2 Å². The molecule has 4 aromatic rings. The van der Waals surface area contributed by atoms with Gasteiger partial charge in [-0.3, -0.25) is 14.6 Å². The van der Waals surface area contributed by atoms with Crippen molar-refractivity contribution >= 4 is 23.3 Å². The van der Waals surface area contributed by atoms with Crippen molar-refractivity contribution in [2.75, 3.05) is 5.32 Å². The Balaban J connectivity index is 1.80. The lowest BCUT2D eigenvalue weighted by atomic mass is 10.2. The fourth-order valence-corrected chi connectivity index (χ4v) is 3.30. The molecule has 0 saturated carbocycles. The third-order valence-corrected chi connectivity index (χ3v) is 4.72. The first-order valence-corrected chi connectivity index (χ1v) is 9.84. The molecule has 3 aromatic heterocycles. The molecule has 1 aromatic carbocycles. The van der Waals surface area contributed by atoms with Crippen LogP contribution in [0, 0.1) is 5.82 Å². The van der Waals surface area contributed by atoms with Crippen LogP contribution in [-0.4, -0.2) is 25.7 Å². The minimum Gasteiger partial charge on any atom is -0.463 e. The zero-order valence-corrected chi connectivity index (χ0v) is 17.1. The summed E-state index contributed by atoms with van der Waals surface area (Å²) >= 11 is 6.01. The van der Waals surface area contributed by atoms with E-state index >= 15 is 0 Å². The molecule has 0 spiro atoms. The third-order valence-electron chi connectivity index (χ3n) is 4.40. The summed E-state index contributed by atoms with van der Waals surface area (Å²) in [6.07, 6.45) is 2.87. The number of halogens is 2. The van der Waals surface area contributed by atoms with Crippen LogP contribution in [0.2, 0.25) is 5.02 Å². The van der Waals surface area contributed by atoms with Gasteiger partial charge in [0.25, 0.3) is 11.5 Å². The number of rotatable bonds is 6. The number of carbonyl (C=O) groups is 1. The fraction of sp³-hybridized carbons (Fsp3) is 0.143. The smallest absolute Gasteiger partial charge is 0.261 e. The Bertz CT molecular complexity index is 1280. The van der Waals surface area contributed by atoms with Gasteiger partial charge in [0.2, 0.25) is 5.95 Å². The Labute approximate surface area is 180 Å². The van der Waals surface area contributed by atoms with Crippen molar-refractivity contribution in [3.63, 3.8) is 0 Å². The average Bonchev–Trinajstić information content (AvgIpc) is 3.37. The van der Waals surface area contributed by atoms with Crippen LogP contribution in [0.25, 0.3) is 17.4 Å². The quantitative estimate of drug-likeness (QED) is 0.466. The van der Waals surface area contributed by atoms with Gasteiger partial charge in [0.15, 0.2) is 5.76 Å². The van der Waals surface area contributed by atoms with E-state index in [0.29, 0.717) is 23.6 Å². The molecule has 0 bridgehead atoms. The predicted molar refractivity (Wildman–Crippen MR) is 113 cm³/mol. The second kappa shape index (κ2) is 8.57. The lowest BCUT2D eigenvalue weighted by Gasteiger charge is -2.10. The van der Waals surface area contributed by atoms with Gasteiger partial charge in [0.1, 0.15) is 17.3 Å². The molecule has 3 heterocycles. The van der Waals surface area contributed by atoms with Gasteiger partial charge in [-0.15, -0.1) is 0 Å². The number of amides is 1. The number of furan rings is 1. The number of H-pyrrole nitrogens is 1. The maximum atomic E-state index is 14.2. The summed E-state index contributed by atoms with van der Waals surface area (Å²) in [5.74, 6) is -0.859. The number of hydrogen-bond acceptors (Lipinski definition) is 5. The Hall–Kier alpha value is -3.72. The predicted octanol–water partition coefficient (Wildman–Crippen LogP) is 4.21. The highest BCUT2D eigenvalue weighted by atomic mass is 35.5. The average molecular weight is 442 g/mol. The zero-order valence-electron chi connectivity index (χ0n) is 16.4. The Morgan fingerprint density at radius 2 is 2.13 bits per heavy atom. The van der Waals surface area contributed by atoms with Crippen LogP contribution in [0.1, 0.15) is 29.4 Å². The Morgan fingerprint density at radius 3 is 2.84 bits per heavy atom. The molecule has 0 aliphatic heterocycles. The van der Waals surface area contributed by atoms with Crippen molar-refractivity contribution in [1.29, 1.82) is 0 Å². The molecule has 4 rings (SSSR count). The van der Waals surface area contributed by atoms with Gasteiger partial charge in [0.05, 0.1) is 16.8 Å². The van der Waals surface area contributed by atoms with Gasteiger partial charge in [0, 0.05) is 17.8 Å². The maximum absolute atomic E-state index is 14.2. The molecular formula is C21H17ClFN5O3. The molecule has 0 fully saturated rings. The van der Waals surface area contributed by atoms with E-state index in [4.69, 9.17) is 16.0 Å². The molecule has 10 heteroatoms. The number of benzene rings is 1. The number of carbonyl (C=O) groups excluding carboxylic acids is 1. The molecule has 0 radical (unpaired) electrons. The molecule has 0 aliphatic rings. The summed E-state index contributed by atoms with van der Waals surface area (Å²) in [7, 11) is 0. The lowest BCUT2D eigenvalue weighted by Crippen LogP contribution is -2.20. The molecule has 0 atom stereocenters. The maximum Gasteiger partial charge on any atom is 0.261 e. The van der Waals surface area contributed by atoms with E-state index in [2.05, 4.69) is 20.4 Å². The van der Waals surface area contributed by atoms with Crippen LogP contribution in [0.5, 0.6) is 0 Å². The molecule has 2 N–H and O–H groups in total. The van der Waals surface area contributed by atoms with Gasteiger partial charge < -0.3 is 9.73 Å². The summed E-state index contributed by atoms with van der Waals surface area (Å²) in [6, 6.07) is 10.3. The standard InChI is InChI=1S/C21H17ClFN5O3/c1-2-5-12-10-18(29)26-21(24-12)28-17(11-15(27-28)16-8-4-9-31-16)25-20(30)19-13(22)6-3-7-14(19)23/h3-4,6-11H,2,5H2,1H3,(H,25,30)(H,24,26,29). The number of anilines is 1. The summed E-state index contributed by atoms with van der Waals surface area (Å²) in [6.45, 7) is 1.97. The van der Waals surface area contributed by atoms with Gasteiger partial charge in [-0.25, -0.2) is 9.37 Å². The fourth-order valence-electron chi connectivity index (χ4n) is 3.05. The molecular weight excluding hydrogens is 425 g/mol. The van der Waals surface area contributed by atoms with Gasteiger partial charge in [-0.1, -0.05) is 31.0 Å². The summed E-state index contributed by atoms with van der Waals surface area (Å²) in [4.78, 5) is 31.9. The van der Waals surface area contributed by atoms with Gasteiger partial charge in [-0.05, 0) is 30.7 Å². The SMILES string of the molecule is CCCc1cc(=O)[nH]c(-n2nc(-c3ccco3)cc2NC(=O)c2c(F)cccc2Cl)n1. The van der Waals surface area contributed by atoms with Crippen LogP contribution >= 0.6 is 11.6 Å². The Kier molecular flexibility index (Phi) is 5.68. The van der Waals surface area contributed by atoms with Crippen molar-refractivity contribution in [3.8, 4) is 17.4 Å². The van der Waals surface area contributed by atoms with Crippen LogP contribution in [-0.2, 0) is 6.42 Å². The number of aryl methyl sites for hydroxylation is 1. The van der Waals surface area contributed by atoms with E-state index in [1.165, 1.54) is 35.2 Å². The molecule has 158 valence electrons. The van der Waals surface area contributed by atoms with Crippen molar-refractivity contribution in [2.45, 2.75) is 19.8 Å². The first kappa shape index (κ1) is 20.5. The second-order valence-corrected chi connectivity index (χ2v) is 7.07. The number of aromatic nitrogens is 4. The van der Waals surface area contributed by atoms with E-state index in [9.17, 15) is 14.0 Å². The van der Waals surface area contributed by atoms with Crippen molar-refractivity contribution in [2.24, 2.45) is 0 Å². The van der Waals surface area contributed by atoms with Gasteiger partial charge >= 0.3 is 0 Å². The molecule has 0 aliphatic carbocycles. The molecule has 8 nitrogen and oxygen atoms in total. The summed E-state index contributed by atoms with van der Waals surface area (Å²) < 4.78 is 20.8. The minimum absolute atomic E-state index is 0.0358. The van der Waals surface area contributed by atoms with Crippen molar-refractivity contribution < 1.29 is 13.6 Å². The molecule has 0 saturated heterocycles. The lowest BCUT2D eigenvalue weighted by molar-refractivity contribution is 0.102. The van der Waals surface area contributed by atoms with E-state index < -0.39 is 11.7 Å². The monoisotopic (exact) mass is 441 g/mol. The summed E-state index contributed by atoms with van der Waals surface area (Å²) in [5.41, 5.74) is 0.282. The zero-order chi connectivity index (χ0) is 22.0. The van der Waals surface area contributed by atoms with E-state index in [0.717, 1.165) is 12.5 Å². The molecule has 1 amide bonds. The summed E-state index contributed by atoms with van der Waals surface area (Å²) in [5, 5.41) is 6.96. The van der Waals surface area contributed by atoms with Crippen LogP contribution < -0.4 is 10.9 Å². The third kappa shape index (κ3) is 4.26.